The molecule has 41 heavy (non-hydrogen) atoms. The second kappa shape index (κ2) is 11.9. The van der Waals surface area contributed by atoms with Crippen LogP contribution in [0.3, 0.4) is 0 Å². The van der Waals surface area contributed by atoms with Crippen molar-refractivity contribution in [2.24, 2.45) is 0 Å². The lowest BCUT2D eigenvalue weighted by Gasteiger charge is -2.17. The highest BCUT2D eigenvalue weighted by Crippen LogP contribution is 2.37. The van der Waals surface area contributed by atoms with Gasteiger partial charge in [0.15, 0.2) is 0 Å². The molecule has 0 spiro atoms. The number of rotatable bonds is 10. The Morgan fingerprint density at radius 2 is 1.93 bits per heavy atom. The van der Waals surface area contributed by atoms with Gasteiger partial charge in [-0.2, -0.15) is 0 Å². The summed E-state index contributed by atoms with van der Waals surface area (Å²) in [5.74, 6) is 0.117. The molecule has 1 aliphatic rings. The van der Waals surface area contributed by atoms with Crippen LogP contribution < -0.4 is 19.5 Å². The van der Waals surface area contributed by atoms with E-state index in [1.54, 1.807) is 43.3 Å². The maximum Gasteiger partial charge on any atom is 0.237 e. The van der Waals surface area contributed by atoms with Gasteiger partial charge in [-0.1, -0.05) is 23.7 Å². The Hall–Kier alpha value is -3.33. The number of sulfonamides is 1. The predicted octanol–water partition coefficient (Wildman–Crippen LogP) is 5.33. The quantitative estimate of drug-likeness (QED) is 0.219. The van der Waals surface area contributed by atoms with Crippen LogP contribution in [-0.2, 0) is 25.5 Å². The first-order valence-corrected chi connectivity index (χ1v) is 17.3. The van der Waals surface area contributed by atoms with Gasteiger partial charge in [0.1, 0.15) is 41.3 Å². The molecule has 0 aliphatic carbocycles. The van der Waals surface area contributed by atoms with Gasteiger partial charge < -0.3 is 14.8 Å². The smallest absolute Gasteiger partial charge is 0.237 e. The van der Waals surface area contributed by atoms with Crippen LogP contribution >= 0.6 is 22.4 Å². The minimum Gasteiger partial charge on any atom is -0.492 e. The Morgan fingerprint density at radius 1 is 1.10 bits per heavy atom. The summed E-state index contributed by atoms with van der Waals surface area (Å²) in [4.78, 5) is 8.60. The Bertz CT molecular complexity index is 1830. The van der Waals surface area contributed by atoms with Gasteiger partial charge in [0, 0.05) is 22.9 Å². The number of nitrogens with zero attached hydrogens (tertiary/aromatic N) is 2. The number of fused-ring (bicyclic) bond motifs is 1. The minimum atomic E-state index is -4.05. The monoisotopic (exact) mass is 638 g/mol. The molecule has 0 amide bonds. The maximum atomic E-state index is 13.4. The van der Waals surface area contributed by atoms with Crippen molar-refractivity contribution in [2.45, 2.75) is 18.8 Å². The lowest BCUT2D eigenvalue weighted by molar-refractivity contribution is 0.306. The van der Waals surface area contributed by atoms with E-state index in [0.29, 0.717) is 49.5 Å². The van der Waals surface area contributed by atoms with E-state index in [4.69, 9.17) is 21.1 Å². The molecule has 0 saturated carbocycles. The van der Waals surface area contributed by atoms with Crippen LogP contribution in [0.1, 0.15) is 12.5 Å². The molecule has 1 fully saturated rings. The fourth-order valence-electron chi connectivity index (χ4n) is 4.08. The molecule has 1 saturated heterocycles. The first-order chi connectivity index (χ1) is 19.5. The average molecular weight is 639 g/mol. The number of nitrogens with one attached hydrogen (secondary N) is 2. The molecule has 5 rings (SSSR count). The summed E-state index contributed by atoms with van der Waals surface area (Å²) >= 11 is 6.44. The summed E-state index contributed by atoms with van der Waals surface area (Å²) in [6.45, 7) is 2.15. The molecule has 3 aromatic carbocycles. The normalized spacial score (nSPS) is 16.4. The van der Waals surface area contributed by atoms with Crippen molar-refractivity contribution < 1.29 is 30.7 Å². The highest BCUT2D eigenvalue weighted by molar-refractivity contribution is 8.72. The number of anilines is 3. The molecule has 1 aliphatic heterocycles. The van der Waals surface area contributed by atoms with Gasteiger partial charge in [-0.05, 0) is 59.7 Å². The third-order valence-corrected chi connectivity index (χ3v) is 12.1. The lowest BCUT2D eigenvalue weighted by atomic mass is 10.2. The molecule has 1 unspecified atom stereocenters. The maximum absolute atomic E-state index is 13.4. The first kappa shape index (κ1) is 29.2. The topological polar surface area (TPSA) is 137 Å². The Labute approximate surface area is 245 Å². The van der Waals surface area contributed by atoms with E-state index in [-0.39, 0.29) is 36.2 Å². The van der Waals surface area contributed by atoms with Crippen LogP contribution in [0.5, 0.6) is 11.5 Å². The molecule has 2 N–H and O–H groups in total. The van der Waals surface area contributed by atoms with Crippen LogP contribution in [0.2, 0.25) is 5.02 Å². The van der Waals surface area contributed by atoms with Crippen LogP contribution in [-0.4, -0.2) is 50.2 Å². The zero-order chi connectivity index (χ0) is 29.2. The third-order valence-electron chi connectivity index (χ3n) is 6.03. The molecule has 4 aromatic rings. The molecule has 1 aromatic heterocycles. The number of benzene rings is 3. The second-order valence-electron chi connectivity index (χ2n) is 8.99. The van der Waals surface area contributed by atoms with E-state index in [1.165, 1.54) is 24.5 Å². The zero-order valence-electron chi connectivity index (χ0n) is 21.5. The molecular weight excluding hydrogens is 615 g/mol. The molecule has 2 heterocycles. The van der Waals surface area contributed by atoms with Crippen molar-refractivity contribution in [1.82, 2.24) is 9.97 Å². The summed E-state index contributed by atoms with van der Waals surface area (Å²) in [7, 11) is -6.91. The number of hydrogen-bond acceptors (Lipinski definition) is 10. The van der Waals surface area contributed by atoms with E-state index >= 15 is 0 Å². The van der Waals surface area contributed by atoms with Crippen LogP contribution in [0.25, 0.3) is 10.9 Å². The van der Waals surface area contributed by atoms with Gasteiger partial charge in [-0.3, -0.25) is 4.72 Å². The summed E-state index contributed by atoms with van der Waals surface area (Å²) in [6.07, 6.45) is 1.35. The summed E-state index contributed by atoms with van der Waals surface area (Å²) in [5, 5.41) is 2.84. The Balaban J connectivity index is 1.40. The van der Waals surface area contributed by atoms with Crippen molar-refractivity contribution in [2.75, 3.05) is 28.2 Å². The second-order valence-corrected chi connectivity index (χ2v) is 15.6. The Morgan fingerprint density at radius 3 is 2.63 bits per heavy atom. The fraction of sp³-hybridized carbons (Fsp3) is 0.231. The van der Waals surface area contributed by atoms with E-state index in [0.717, 1.165) is 0 Å². The van der Waals surface area contributed by atoms with Gasteiger partial charge in [-0.25, -0.2) is 31.2 Å². The fourth-order valence-corrected chi connectivity index (χ4v) is 10.8. The van der Waals surface area contributed by atoms with Crippen molar-refractivity contribution in [3.05, 3.63) is 77.3 Å². The van der Waals surface area contributed by atoms with Crippen LogP contribution in [0.15, 0.2) is 60.9 Å². The van der Waals surface area contributed by atoms with Crippen molar-refractivity contribution in [3.63, 3.8) is 0 Å². The van der Waals surface area contributed by atoms with Gasteiger partial charge in [0.05, 0.1) is 28.6 Å². The molecule has 216 valence electrons. The molecular formula is C26H24ClFN4O6S3. The van der Waals surface area contributed by atoms with Gasteiger partial charge in [0.2, 0.25) is 18.9 Å². The number of hydrogen-bond donors (Lipinski definition) is 2. The summed E-state index contributed by atoms with van der Waals surface area (Å²) in [6, 6.07) is 14.2. The zero-order valence-corrected chi connectivity index (χ0v) is 24.7. The standard InChI is InChI=1S/C26H24ClFN4O6S3/c1-2-37-25-11-22-20(10-23(25)32-41(35,36)19-13-39-40(33,34)14-19)26(30-15-29-22)31-18-6-7-24(21(27)9-18)38-12-16-4-3-5-17(28)8-16/h3-11,15,19,32H,2,12-14H2,1H3,(H,29,30,31). The molecule has 0 bridgehead atoms. The van der Waals surface area contributed by atoms with E-state index < -0.39 is 29.9 Å². The summed E-state index contributed by atoms with van der Waals surface area (Å²) in [5.41, 5.74) is 1.83. The van der Waals surface area contributed by atoms with E-state index in [9.17, 15) is 21.2 Å². The van der Waals surface area contributed by atoms with E-state index in [2.05, 4.69) is 20.0 Å². The molecule has 10 nitrogen and oxygen atoms in total. The average Bonchev–Trinajstić information content (AvgIpc) is 3.29. The highest BCUT2D eigenvalue weighted by atomic mass is 35.5. The lowest BCUT2D eigenvalue weighted by Crippen LogP contribution is -2.31. The van der Waals surface area contributed by atoms with E-state index in [1.807, 2.05) is 0 Å². The van der Waals surface area contributed by atoms with Crippen molar-refractivity contribution in [1.29, 1.82) is 0 Å². The molecule has 0 radical (unpaired) electrons. The highest BCUT2D eigenvalue weighted by Gasteiger charge is 2.38. The van der Waals surface area contributed by atoms with Gasteiger partial charge >= 0.3 is 0 Å². The SMILES string of the molecule is CCOc1cc2ncnc(Nc3ccc(OCc4cccc(F)c4)c(Cl)c3)c2cc1NS(=O)(=O)C1CSS(=O)(=O)C1. The Kier molecular flexibility index (Phi) is 8.45. The van der Waals surface area contributed by atoms with Crippen molar-refractivity contribution in [3.8, 4) is 11.5 Å². The van der Waals surface area contributed by atoms with Crippen LogP contribution in [0.4, 0.5) is 21.6 Å². The van der Waals surface area contributed by atoms with Gasteiger partial charge in [0.25, 0.3) is 0 Å². The number of ether oxygens (including phenoxy) is 2. The number of aromatic nitrogens is 2. The van der Waals surface area contributed by atoms with Gasteiger partial charge in [-0.15, -0.1) is 0 Å². The minimum absolute atomic E-state index is 0.0617. The third kappa shape index (κ3) is 6.94. The molecule has 1 atom stereocenters. The van der Waals surface area contributed by atoms with Crippen molar-refractivity contribution >= 4 is 69.4 Å². The molecule has 15 heteroatoms. The summed E-state index contributed by atoms with van der Waals surface area (Å²) < 4.78 is 77.2. The van der Waals surface area contributed by atoms with Crippen LogP contribution in [0, 0.1) is 5.82 Å². The predicted molar refractivity (Wildman–Crippen MR) is 159 cm³/mol. The first-order valence-electron chi connectivity index (χ1n) is 12.3. The number of halogens is 2. The largest absolute Gasteiger partial charge is 0.492 e.